The zero-order chi connectivity index (χ0) is 11.3. The van der Waals surface area contributed by atoms with Crippen LogP contribution in [0.15, 0.2) is 18.2 Å². The fourth-order valence-electron chi connectivity index (χ4n) is 1.20. The van der Waals surface area contributed by atoms with E-state index in [9.17, 15) is 4.39 Å². The van der Waals surface area contributed by atoms with E-state index in [0.29, 0.717) is 12.3 Å². The SMILES string of the molecule is CCOc1ccc(N(C)CC#N)cc1F. The Morgan fingerprint density at radius 2 is 2.27 bits per heavy atom. The smallest absolute Gasteiger partial charge is 0.167 e. The van der Waals surface area contributed by atoms with Gasteiger partial charge in [0.1, 0.15) is 6.54 Å². The molecule has 1 aromatic carbocycles. The van der Waals surface area contributed by atoms with Crippen molar-refractivity contribution in [2.24, 2.45) is 0 Å². The molecule has 4 heteroatoms. The molecule has 0 amide bonds. The Hall–Kier alpha value is -1.76. The maximum absolute atomic E-state index is 13.4. The third-order valence-electron chi connectivity index (χ3n) is 1.96. The van der Waals surface area contributed by atoms with Crippen molar-refractivity contribution >= 4 is 5.69 Å². The molecule has 0 aliphatic rings. The van der Waals surface area contributed by atoms with Crippen LogP contribution >= 0.6 is 0 Å². The number of anilines is 1. The molecule has 3 nitrogen and oxygen atoms in total. The van der Waals surface area contributed by atoms with Gasteiger partial charge >= 0.3 is 0 Å². The number of rotatable bonds is 4. The second kappa shape index (κ2) is 5.20. The first kappa shape index (κ1) is 11.3. The average molecular weight is 208 g/mol. The summed E-state index contributed by atoms with van der Waals surface area (Å²) in [5, 5.41) is 8.50. The van der Waals surface area contributed by atoms with E-state index >= 15 is 0 Å². The van der Waals surface area contributed by atoms with Gasteiger partial charge in [-0.25, -0.2) is 4.39 Å². The number of nitriles is 1. The maximum atomic E-state index is 13.4. The molecule has 0 aromatic heterocycles. The first-order chi connectivity index (χ1) is 7.19. The molecule has 0 unspecified atom stereocenters. The van der Waals surface area contributed by atoms with Crippen LogP contribution in [0, 0.1) is 17.1 Å². The van der Waals surface area contributed by atoms with Gasteiger partial charge in [0.05, 0.1) is 12.7 Å². The number of ether oxygens (including phenoxy) is 1. The van der Waals surface area contributed by atoms with Gasteiger partial charge < -0.3 is 9.64 Å². The second-order valence-electron chi connectivity index (χ2n) is 3.06. The highest BCUT2D eigenvalue weighted by atomic mass is 19.1. The molecule has 0 fully saturated rings. The first-order valence-electron chi connectivity index (χ1n) is 4.69. The van der Waals surface area contributed by atoms with Gasteiger partial charge in [0.15, 0.2) is 11.6 Å². The minimum absolute atomic E-state index is 0.230. The van der Waals surface area contributed by atoms with Crippen LogP contribution in [0.25, 0.3) is 0 Å². The van der Waals surface area contributed by atoms with Crippen molar-refractivity contribution in [1.29, 1.82) is 5.26 Å². The van der Waals surface area contributed by atoms with Gasteiger partial charge in [-0.1, -0.05) is 0 Å². The highest BCUT2D eigenvalue weighted by Gasteiger charge is 2.06. The molecule has 0 saturated carbocycles. The van der Waals surface area contributed by atoms with Crippen LogP contribution in [-0.4, -0.2) is 20.2 Å². The lowest BCUT2D eigenvalue weighted by Gasteiger charge is -2.16. The van der Waals surface area contributed by atoms with Crippen LogP contribution in [0.2, 0.25) is 0 Å². The second-order valence-corrected chi connectivity index (χ2v) is 3.06. The summed E-state index contributed by atoms with van der Waals surface area (Å²) in [5.74, 6) is -0.161. The largest absolute Gasteiger partial charge is 0.491 e. The van der Waals surface area contributed by atoms with Crippen molar-refractivity contribution in [2.45, 2.75) is 6.92 Å². The van der Waals surface area contributed by atoms with E-state index in [2.05, 4.69) is 0 Å². The molecule has 80 valence electrons. The Bertz CT molecular complexity index is 373. The van der Waals surface area contributed by atoms with E-state index in [4.69, 9.17) is 10.00 Å². The van der Waals surface area contributed by atoms with Crippen LogP contribution < -0.4 is 9.64 Å². The van der Waals surface area contributed by atoms with Crippen LogP contribution in [-0.2, 0) is 0 Å². The van der Waals surface area contributed by atoms with Gasteiger partial charge in [-0.2, -0.15) is 5.26 Å². The molecule has 0 aliphatic carbocycles. The molecular weight excluding hydrogens is 195 g/mol. The quantitative estimate of drug-likeness (QED) is 0.711. The van der Waals surface area contributed by atoms with E-state index in [-0.39, 0.29) is 12.3 Å². The lowest BCUT2D eigenvalue weighted by molar-refractivity contribution is 0.321. The molecule has 1 rings (SSSR count). The molecule has 0 N–H and O–H groups in total. The van der Waals surface area contributed by atoms with Crippen molar-refractivity contribution < 1.29 is 9.13 Å². The number of benzene rings is 1. The van der Waals surface area contributed by atoms with Gasteiger partial charge in [0, 0.05) is 18.8 Å². The topological polar surface area (TPSA) is 36.3 Å². The molecule has 0 atom stereocenters. The molecule has 0 bridgehead atoms. The standard InChI is InChI=1S/C11H13FN2O/c1-3-15-11-5-4-9(8-10(11)12)14(2)7-6-13/h4-5,8H,3,7H2,1-2H3. The van der Waals surface area contributed by atoms with E-state index < -0.39 is 5.82 Å². The Morgan fingerprint density at radius 3 is 2.80 bits per heavy atom. The number of hydrogen-bond acceptors (Lipinski definition) is 3. The molecular formula is C11H13FN2O. The van der Waals surface area contributed by atoms with Crippen molar-refractivity contribution in [1.82, 2.24) is 0 Å². The van der Waals surface area contributed by atoms with E-state index in [1.807, 2.05) is 6.07 Å². The van der Waals surface area contributed by atoms with E-state index in [1.54, 1.807) is 31.0 Å². The Balaban J connectivity index is 2.86. The highest BCUT2D eigenvalue weighted by molar-refractivity contribution is 5.49. The summed E-state index contributed by atoms with van der Waals surface area (Å²) in [6.07, 6.45) is 0. The first-order valence-corrected chi connectivity index (χ1v) is 4.69. The third kappa shape index (κ3) is 2.84. The fraction of sp³-hybridized carbons (Fsp3) is 0.364. The Labute approximate surface area is 88.7 Å². The van der Waals surface area contributed by atoms with Crippen molar-refractivity contribution in [2.75, 3.05) is 25.1 Å². The minimum atomic E-state index is -0.404. The van der Waals surface area contributed by atoms with Crippen LogP contribution in [0.1, 0.15) is 6.92 Å². The van der Waals surface area contributed by atoms with Gasteiger partial charge in [-0.15, -0.1) is 0 Å². The summed E-state index contributed by atoms with van der Waals surface area (Å²) in [6, 6.07) is 6.66. The molecule has 0 aliphatic heterocycles. The van der Waals surface area contributed by atoms with Gasteiger partial charge in [0.25, 0.3) is 0 Å². The zero-order valence-corrected chi connectivity index (χ0v) is 8.83. The molecule has 15 heavy (non-hydrogen) atoms. The molecule has 1 aromatic rings. The zero-order valence-electron chi connectivity index (χ0n) is 8.83. The summed E-state index contributed by atoms with van der Waals surface area (Å²) >= 11 is 0. The molecule has 0 spiro atoms. The summed E-state index contributed by atoms with van der Waals surface area (Å²) in [5.41, 5.74) is 0.664. The summed E-state index contributed by atoms with van der Waals surface area (Å²) in [4.78, 5) is 1.67. The summed E-state index contributed by atoms with van der Waals surface area (Å²) < 4.78 is 18.5. The lowest BCUT2D eigenvalue weighted by atomic mass is 10.2. The average Bonchev–Trinajstić information content (AvgIpc) is 2.21. The molecule has 0 saturated heterocycles. The van der Waals surface area contributed by atoms with E-state index in [1.165, 1.54) is 6.07 Å². The summed E-state index contributed by atoms with van der Waals surface area (Å²) in [6.45, 7) is 2.47. The predicted octanol–water partition coefficient (Wildman–Crippen LogP) is 2.18. The number of nitrogens with zero attached hydrogens (tertiary/aromatic N) is 2. The van der Waals surface area contributed by atoms with Crippen LogP contribution in [0.5, 0.6) is 5.75 Å². The van der Waals surface area contributed by atoms with Gasteiger partial charge in [-0.3, -0.25) is 0 Å². The fourth-order valence-corrected chi connectivity index (χ4v) is 1.20. The highest BCUT2D eigenvalue weighted by Crippen LogP contribution is 2.22. The Kier molecular flexibility index (Phi) is 3.92. The minimum Gasteiger partial charge on any atom is -0.491 e. The van der Waals surface area contributed by atoms with Crippen molar-refractivity contribution in [3.05, 3.63) is 24.0 Å². The van der Waals surface area contributed by atoms with Crippen LogP contribution in [0.4, 0.5) is 10.1 Å². The van der Waals surface area contributed by atoms with Crippen LogP contribution in [0.3, 0.4) is 0 Å². The normalized spacial score (nSPS) is 9.47. The van der Waals surface area contributed by atoms with E-state index in [0.717, 1.165) is 0 Å². The van der Waals surface area contributed by atoms with Gasteiger partial charge in [0.2, 0.25) is 0 Å². The van der Waals surface area contributed by atoms with Gasteiger partial charge in [-0.05, 0) is 19.1 Å². The monoisotopic (exact) mass is 208 g/mol. The third-order valence-corrected chi connectivity index (χ3v) is 1.96. The number of halogens is 1. The molecule has 0 radical (unpaired) electrons. The molecule has 0 heterocycles. The van der Waals surface area contributed by atoms with Crippen molar-refractivity contribution in [3.63, 3.8) is 0 Å². The number of hydrogen-bond donors (Lipinski definition) is 0. The Morgan fingerprint density at radius 1 is 1.53 bits per heavy atom. The van der Waals surface area contributed by atoms with Crippen molar-refractivity contribution in [3.8, 4) is 11.8 Å². The lowest BCUT2D eigenvalue weighted by Crippen LogP contribution is -2.17. The maximum Gasteiger partial charge on any atom is 0.167 e. The predicted molar refractivity (Wildman–Crippen MR) is 56.5 cm³/mol. The summed E-state index contributed by atoms with van der Waals surface area (Å²) in [7, 11) is 1.73.